The van der Waals surface area contributed by atoms with E-state index in [9.17, 15) is 9.59 Å². The van der Waals surface area contributed by atoms with Crippen LogP contribution < -0.4 is 0 Å². The first kappa shape index (κ1) is 39.8. The zero-order chi connectivity index (χ0) is 24.3. The van der Waals surface area contributed by atoms with Gasteiger partial charge < -0.3 is 30.6 Å². The summed E-state index contributed by atoms with van der Waals surface area (Å²) in [7, 11) is 0. The summed E-state index contributed by atoms with van der Waals surface area (Å²) in [5.41, 5.74) is 0. The van der Waals surface area contributed by atoms with Gasteiger partial charge in [-0.3, -0.25) is 28.8 Å². The summed E-state index contributed by atoms with van der Waals surface area (Å²) in [6.07, 6.45) is 2.05. The maximum Gasteiger partial charge on any atom is 0.303 e. The summed E-state index contributed by atoms with van der Waals surface area (Å²) >= 11 is 0. The predicted octanol–water partition coefficient (Wildman–Crippen LogP) is 2.11. The highest BCUT2D eigenvalue weighted by molar-refractivity contribution is 5.66. The molecule has 0 atom stereocenters. The number of rotatable bonds is 4. The van der Waals surface area contributed by atoms with Gasteiger partial charge in [-0.25, -0.2) is 0 Å². The fourth-order valence-corrected chi connectivity index (χ4v) is 0.428. The van der Waals surface area contributed by atoms with Crippen molar-refractivity contribution in [3.63, 3.8) is 0 Å². The van der Waals surface area contributed by atoms with Gasteiger partial charge in [0.25, 0.3) is 23.9 Å². The third-order valence-electron chi connectivity index (χ3n) is 0.928. The van der Waals surface area contributed by atoms with Crippen LogP contribution in [0.25, 0.3) is 0 Å². The Morgan fingerprint density at radius 3 is 0.571 bits per heavy atom. The molecule has 0 unspecified atom stereocenters. The van der Waals surface area contributed by atoms with Gasteiger partial charge >= 0.3 is 11.9 Å². The van der Waals surface area contributed by atoms with Gasteiger partial charge in [0.05, 0.1) is 0 Å². The van der Waals surface area contributed by atoms with Crippen molar-refractivity contribution in [1.82, 2.24) is 0 Å². The lowest BCUT2D eigenvalue weighted by Crippen LogP contribution is -1.90. The van der Waals surface area contributed by atoms with Crippen molar-refractivity contribution < 1.29 is 59.4 Å². The van der Waals surface area contributed by atoms with Crippen molar-refractivity contribution in [1.29, 1.82) is 0 Å². The average molecular weight is 416 g/mol. The fourth-order valence-electron chi connectivity index (χ4n) is 0.428. The van der Waals surface area contributed by atoms with Crippen LogP contribution in [-0.2, 0) is 28.8 Å². The van der Waals surface area contributed by atoms with E-state index in [1.807, 2.05) is 13.8 Å². The zero-order valence-electron chi connectivity index (χ0n) is 17.0. The van der Waals surface area contributed by atoms with E-state index in [0.29, 0.717) is 12.8 Å². The van der Waals surface area contributed by atoms with Gasteiger partial charge in [0, 0.05) is 40.5 Å². The highest BCUT2D eigenvalue weighted by Gasteiger charge is 1.88. The molecule has 168 valence electrons. The average Bonchev–Trinajstić information content (AvgIpc) is 2.35. The molecule has 0 aromatic carbocycles. The molecule has 0 aromatic heterocycles. The number of hydrogen-bond donors (Lipinski definition) is 6. The molecule has 0 aliphatic carbocycles. The Bertz CT molecular complexity index is 349. The number of carboxylic acid groups (broad SMARTS) is 6. The SMILES string of the molecule is CC(=O)O.CC(=O)O.CC(=O)O.CC(=O)O.CCCC(=O)O.CCCC(=O)O. The van der Waals surface area contributed by atoms with Gasteiger partial charge in [-0.05, 0) is 12.8 Å². The normalized spacial score (nSPS) is 7.07. The second kappa shape index (κ2) is 35.0. The molecular weight excluding hydrogens is 384 g/mol. The molecule has 0 heterocycles. The monoisotopic (exact) mass is 416 g/mol. The van der Waals surface area contributed by atoms with Crippen molar-refractivity contribution in [2.24, 2.45) is 0 Å². The molecule has 0 saturated heterocycles. The van der Waals surface area contributed by atoms with E-state index in [4.69, 9.17) is 49.8 Å². The van der Waals surface area contributed by atoms with E-state index in [2.05, 4.69) is 0 Å². The molecule has 0 fully saturated rings. The van der Waals surface area contributed by atoms with Crippen molar-refractivity contribution in [2.75, 3.05) is 0 Å². The molecule has 0 spiro atoms. The Labute approximate surface area is 163 Å². The van der Waals surface area contributed by atoms with E-state index in [0.717, 1.165) is 40.5 Å². The predicted molar refractivity (Wildman–Crippen MR) is 98.3 cm³/mol. The standard InChI is InChI=1S/2C4H8O2.4C2H4O2/c2*1-2-3-4(5)6;4*1-2(3)4/h2*2-3H2,1H3,(H,5,6);4*1H3,(H,3,4). The summed E-state index contributed by atoms with van der Waals surface area (Å²) in [5.74, 6) is -4.75. The Hall–Kier alpha value is -3.18. The number of carbonyl (C=O) groups is 6. The number of aliphatic carboxylic acids is 6. The smallest absolute Gasteiger partial charge is 0.303 e. The van der Waals surface area contributed by atoms with Crippen LogP contribution in [0.3, 0.4) is 0 Å². The minimum atomic E-state index is -0.833. The molecule has 0 aromatic rings. The lowest BCUT2D eigenvalue weighted by molar-refractivity contribution is -0.138. The quantitative estimate of drug-likeness (QED) is 0.387. The van der Waals surface area contributed by atoms with Crippen molar-refractivity contribution >= 4 is 35.8 Å². The lowest BCUT2D eigenvalue weighted by atomic mass is 10.4. The van der Waals surface area contributed by atoms with Gasteiger partial charge in [-0.1, -0.05) is 13.8 Å². The molecule has 12 nitrogen and oxygen atoms in total. The summed E-state index contributed by atoms with van der Waals surface area (Å²) in [4.78, 5) is 55.2. The molecule has 0 saturated carbocycles. The van der Waals surface area contributed by atoms with Gasteiger partial charge in [0.15, 0.2) is 0 Å². The van der Waals surface area contributed by atoms with Gasteiger partial charge in [-0.2, -0.15) is 0 Å². The van der Waals surface area contributed by atoms with E-state index in [1.54, 1.807) is 0 Å². The molecule has 0 amide bonds. The molecule has 0 bridgehead atoms. The maximum absolute atomic E-state index is 9.60. The Balaban J connectivity index is -0.0000000525. The second-order valence-electron chi connectivity index (χ2n) is 4.36. The molecular formula is C16H32O12. The number of carboxylic acids is 6. The topological polar surface area (TPSA) is 224 Å². The highest BCUT2D eigenvalue weighted by atomic mass is 16.4. The zero-order valence-corrected chi connectivity index (χ0v) is 17.0. The Morgan fingerprint density at radius 2 is 0.571 bits per heavy atom. The third kappa shape index (κ3) is 1370. The minimum Gasteiger partial charge on any atom is -0.481 e. The molecule has 6 N–H and O–H groups in total. The van der Waals surface area contributed by atoms with Crippen molar-refractivity contribution in [3.8, 4) is 0 Å². The van der Waals surface area contributed by atoms with E-state index >= 15 is 0 Å². The van der Waals surface area contributed by atoms with Gasteiger partial charge in [0.1, 0.15) is 0 Å². The van der Waals surface area contributed by atoms with Crippen LogP contribution >= 0.6 is 0 Å². The summed E-state index contributed by atoms with van der Waals surface area (Å²) < 4.78 is 0. The van der Waals surface area contributed by atoms with Crippen molar-refractivity contribution in [2.45, 2.75) is 67.2 Å². The third-order valence-corrected chi connectivity index (χ3v) is 0.928. The molecule has 12 heteroatoms. The summed E-state index contributed by atoms with van der Waals surface area (Å²) in [5, 5.41) is 45.5. The van der Waals surface area contributed by atoms with Crippen LogP contribution in [0, 0.1) is 0 Å². The van der Waals surface area contributed by atoms with Crippen LogP contribution in [0.5, 0.6) is 0 Å². The second-order valence-corrected chi connectivity index (χ2v) is 4.36. The maximum atomic E-state index is 9.60. The number of hydrogen-bond acceptors (Lipinski definition) is 6. The lowest BCUT2D eigenvalue weighted by Gasteiger charge is -1.79. The first-order chi connectivity index (χ1) is 12.5. The van der Waals surface area contributed by atoms with Crippen LogP contribution in [-0.4, -0.2) is 66.5 Å². The van der Waals surface area contributed by atoms with Crippen LogP contribution in [0.4, 0.5) is 0 Å². The summed E-state index contributed by atoms with van der Waals surface area (Å²) in [6.45, 7) is 8.02. The van der Waals surface area contributed by atoms with Gasteiger partial charge in [-0.15, -0.1) is 0 Å². The van der Waals surface area contributed by atoms with E-state index in [-0.39, 0.29) is 0 Å². The molecule has 0 radical (unpaired) electrons. The summed E-state index contributed by atoms with van der Waals surface area (Å²) in [6, 6.07) is 0. The van der Waals surface area contributed by atoms with Gasteiger partial charge in [0.2, 0.25) is 0 Å². The minimum absolute atomic E-state index is 0.292. The van der Waals surface area contributed by atoms with Crippen LogP contribution in [0.15, 0.2) is 0 Å². The molecule has 0 aliphatic heterocycles. The van der Waals surface area contributed by atoms with Crippen molar-refractivity contribution in [3.05, 3.63) is 0 Å². The van der Waals surface area contributed by atoms with Crippen LogP contribution in [0.1, 0.15) is 67.2 Å². The molecule has 0 aliphatic rings. The Morgan fingerprint density at radius 1 is 0.464 bits per heavy atom. The van der Waals surface area contributed by atoms with E-state index < -0.39 is 35.8 Å². The first-order valence-electron chi connectivity index (χ1n) is 7.69. The fraction of sp³-hybridized carbons (Fsp3) is 0.625. The van der Waals surface area contributed by atoms with E-state index in [1.165, 1.54) is 0 Å². The largest absolute Gasteiger partial charge is 0.481 e. The first-order valence-corrected chi connectivity index (χ1v) is 7.69. The molecule has 28 heavy (non-hydrogen) atoms. The highest BCUT2D eigenvalue weighted by Crippen LogP contribution is 1.82. The molecule has 0 rings (SSSR count). The van der Waals surface area contributed by atoms with Crippen LogP contribution in [0.2, 0.25) is 0 Å². The Kier molecular flexibility index (Phi) is 49.7.